The first-order chi connectivity index (χ1) is 7.58. The van der Waals surface area contributed by atoms with E-state index in [0.717, 1.165) is 18.1 Å². The average Bonchev–Trinajstić information content (AvgIpc) is 2.64. The SMILES string of the molecule is Cc1nnc(NS(=O)(=O)C2CCNCC2)s1. The fraction of sp³-hybridized carbons (Fsp3) is 0.750. The number of rotatable bonds is 3. The van der Waals surface area contributed by atoms with E-state index in [1.54, 1.807) is 6.92 Å². The molecule has 0 atom stereocenters. The molecule has 1 aliphatic heterocycles. The van der Waals surface area contributed by atoms with Crippen LogP contribution in [0.25, 0.3) is 0 Å². The number of aromatic nitrogens is 2. The lowest BCUT2D eigenvalue weighted by molar-refractivity contribution is 0.499. The van der Waals surface area contributed by atoms with E-state index in [1.165, 1.54) is 11.3 Å². The summed E-state index contributed by atoms with van der Waals surface area (Å²) in [6.07, 6.45) is 1.29. The Bertz CT molecular complexity index is 450. The first-order valence-corrected chi connectivity index (χ1v) is 7.47. The summed E-state index contributed by atoms with van der Waals surface area (Å²) in [6, 6.07) is 0. The predicted octanol–water partition coefficient (Wildman–Crippen LogP) is 0.340. The third kappa shape index (κ3) is 2.69. The highest BCUT2D eigenvalue weighted by Gasteiger charge is 2.27. The molecule has 1 saturated heterocycles. The lowest BCUT2D eigenvalue weighted by Crippen LogP contribution is -2.38. The van der Waals surface area contributed by atoms with Gasteiger partial charge in [0.25, 0.3) is 0 Å². The van der Waals surface area contributed by atoms with Crippen molar-refractivity contribution in [2.24, 2.45) is 0 Å². The van der Waals surface area contributed by atoms with Gasteiger partial charge in [-0.1, -0.05) is 11.3 Å². The summed E-state index contributed by atoms with van der Waals surface area (Å²) in [5, 5.41) is 11.5. The van der Waals surface area contributed by atoms with Crippen LogP contribution in [0, 0.1) is 6.92 Å². The van der Waals surface area contributed by atoms with Crippen molar-refractivity contribution in [3.8, 4) is 0 Å². The molecule has 1 fully saturated rings. The van der Waals surface area contributed by atoms with Gasteiger partial charge in [-0.05, 0) is 32.9 Å². The van der Waals surface area contributed by atoms with Gasteiger partial charge in [-0.25, -0.2) is 8.42 Å². The minimum atomic E-state index is -3.31. The van der Waals surface area contributed by atoms with E-state index in [4.69, 9.17) is 0 Å². The summed E-state index contributed by atoms with van der Waals surface area (Å²) in [6.45, 7) is 3.29. The van der Waals surface area contributed by atoms with Gasteiger partial charge in [0.05, 0.1) is 5.25 Å². The number of nitrogens with one attached hydrogen (secondary N) is 2. The van der Waals surface area contributed by atoms with Crippen molar-refractivity contribution in [3.05, 3.63) is 5.01 Å². The van der Waals surface area contributed by atoms with Crippen LogP contribution in [0.4, 0.5) is 5.13 Å². The second-order valence-corrected chi connectivity index (χ2v) is 6.87. The lowest BCUT2D eigenvalue weighted by atomic mass is 10.2. The smallest absolute Gasteiger partial charge is 0.237 e. The monoisotopic (exact) mass is 262 g/mol. The Kier molecular flexibility index (Phi) is 3.41. The molecule has 0 aliphatic carbocycles. The quantitative estimate of drug-likeness (QED) is 0.820. The number of hydrogen-bond donors (Lipinski definition) is 2. The topological polar surface area (TPSA) is 84.0 Å². The van der Waals surface area contributed by atoms with Crippen LogP contribution in [0.3, 0.4) is 0 Å². The van der Waals surface area contributed by atoms with Crippen LogP contribution >= 0.6 is 11.3 Å². The molecule has 0 radical (unpaired) electrons. The number of piperidine rings is 1. The third-order valence-corrected chi connectivity index (χ3v) is 5.19. The van der Waals surface area contributed by atoms with Crippen LogP contribution in [-0.4, -0.2) is 37.0 Å². The molecule has 2 N–H and O–H groups in total. The summed E-state index contributed by atoms with van der Waals surface area (Å²) < 4.78 is 26.4. The van der Waals surface area contributed by atoms with Gasteiger partial charge in [-0.15, -0.1) is 10.2 Å². The van der Waals surface area contributed by atoms with Gasteiger partial charge in [0.1, 0.15) is 5.01 Å². The second kappa shape index (κ2) is 4.64. The van der Waals surface area contributed by atoms with E-state index in [2.05, 4.69) is 20.2 Å². The van der Waals surface area contributed by atoms with Crippen LogP contribution < -0.4 is 10.0 Å². The number of anilines is 1. The standard InChI is InChI=1S/C8H14N4O2S2/c1-6-10-11-8(15-6)12-16(13,14)7-2-4-9-5-3-7/h7,9H,2-5H2,1H3,(H,11,12). The summed E-state index contributed by atoms with van der Waals surface area (Å²) in [7, 11) is -3.31. The second-order valence-electron chi connectivity index (χ2n) is 3.72. The maximum Gasteiger partial charge on any atom is 0.237 e. The highest BCUT2D eigenvalue weighted by molar-refractivity contribution is 7.93. The number of hydrogen-bond acceptors (Lipinski definition) is 6. The Hall–Kier alpha value is -0.730. The zero-order valence-electron chi connectivity index (χ0n) is 8.93. The van der Waals surface area contributed by atoms with Crippen molar-refractivity contribution in [2.75, 3.05) is 17.8 Å². The Balaban J connectivity index is 2.07. The molecule has 16 heavy (non-hydrogen) atoms. The molecule has 1 aliphatic rings. The maximum absolute atomic E-state index is 12.0. The van der Waals surface area contributed by atoms with E-state index in [1.807, 2.05) is 0 Å². The van der Waals surface area contributed by atoms with Gasteiger partial charge < -0.3 is 5.32 Å². The Morgan fingerprint density at radius 1 is 1.38 bits per heavy atom. The molecule has 6 nitrogen and oxygen atoms in total. The summed E-state index contributed by atoms with van der Waals surface area (Å²) >= 11 is 1.25. The van der Waals surface area contributed by atoms with Crippen molar-refractivity contribution >= 4 is 26.5 Å². The van der Waals surface area contributed by atoms with Gasteiger partial charge in [-0.3, -0.25) is 4.72 Å². The molecule has 0 saturated carbocycles. The third-order valence-electron chi connectivity index (χ3n) is 2.48. The number of aryl methyl sites for hydroxylation is 1. The molecule has 90 valence electrons. The lowest BCUT2D eigenvalue weighted by Gasteiger charge is -2.22. The fourth-order valence-corrected chi connectivity index (χ4v) is 3.91. The van der Waals surface area contributed by atoms with Gasteiger partial charge in [0.2, 0.25) is 15.2 Å². The van der Waals surface area contributed by atoms with Gasteiger partial charge in [-0.2, -0.15) is 0 Å². The first-order valence-electron chi connectivity index (χ1n) is 5.10. The van der Waals surface area contributed by atoms with Crippen molar-refractivity contribution in [1.82, 2.24) is 15.5 Å². The number of sulfonamides is 1. The van der Waals surface area contributed by atoms with Crippen LogP contribution in [0.2, 0.25) is 0 Å². The normalized spacial score (nSPS) is 18.6. The summed E-state index contributed by atoms with van der Waals surface area (Å²) in [5.74, 6) is 0. The highest BCUT2D eigenvalue weighted by Crippen LogP contribution is 2.20. The molecule has 2 heterocycles. The molecular formula is C8H14N4O2S2. The van der Waals surface area contributed by atoms with Crippen molar-refractivity contribution in [2.45, 2.75) is 25.0 Å². The zero-order valence-corrected chi connectivity index (χ0v) is 10.6. The molecule has 0 amide bonds. The van der Waals surface area contributed by atoms with Gasteiger partial charge in [0, 0.05) is 0 Å². The van der Waals surface area contributed by atoms with Crippen molar-refractivity contribution in [3.63, 3.8) is 0 Å². The molecule has 0 spiro atoms. The van der Waals surface area contributed by atoms with Crippen molar-refractivity contribution in [1.29, 1.82) is 0 Å². The minimum absolute atomic E-state index is 0.321. The van der Waals surface area contributed by atoms with Gasteiger partial charge in [0.15, 0.2) is 0 Å². The largest absolute Gasteiger partial charge is 0.317 e. The maximum atomic E-state index is 12.0. The van der Waals surface area contributed by atoms with Crippen LogP contribution in [0.1, 0.15) is 17.8 Å². The average molecular weight is 262 g/mol. The molecule has 2 rings (SSSR count). The first kappa shape index (κ1) is 11.7. The Morgan fingerprint density at radius 3 is 2.62 bits per heavy atom. The molecule has 8 heteroatoms. The molecule has 1 aromatic heterocycles. The molecule has 0 aromatic carbocycles. The van der Waals surface area contributed by atoms with E-state index >= 15 is 0 Å². The van der Waals surface area contributed by atoms with E-state index in [-0.39, 0.29) is 5.25 Å². The van der Waals surface area contributed by atoms with Crippen LogP contribution in [0.15, 0.2) is 0 Å². The van der Waals surface area contributed by atoms with Crippen molar-refractivity contribution < 1.29 is 8.42 Å². The van der Waals surface area contributed by atoms with Gasteiger partial charge >= 0.3 is 0 Å². The molecule has 1 aromatic rings. The van der Waals surface area contributed by atoms with E-state index in [0.29, 0.717) is 18.0 Å². The molecular weight excluding hydrogens is 248 g/mol. The van der Waals surface area contributed by atoms with E-state index in [9.17, 15) is 8.42 Å². The Morgan fingerprint density at radius 2 is 2.06 bits per heavy atom. The summed E-state index contributed by atoms with van der Waals surface area (Å²) in [4.78, 5) is 0. The predicted molar refractivity (Wildman–Crippen MR) is 63.1 cm³/mol. The minimum Gasteiger partial charge on any atom is -0.317 e. The molecule has 0 unspecified atom stereocenters. The fourth-order valence-electron chi connectivity index (χ4n) is 1.65. The Labute approximate surface area is 98.5 Å². The van der Waals surface area contributed by atoms with E-state index < -0.39 is 10.0 Å². The highest BCUT2D eigenvalue weighted by atomic mass is 32.2. The molecule has 0 bridgehead atoms. The van der Waals surface area contributed by atoms with Crippen LogP contribution in [0.5, 0.6) is 0 Å². The zero-order chi connectivity index (χ0) is 11.6. The summed E-state index contributed by atoms with van der Waals surface area (Å²) in [5.41, 5.74) is 0. The number of nitrogens with zero attached hydrogens (tertiary/aromatic N) is 2. The van der Waals surface area contributed by atoms with Crippen LogP contribution in [-0.2, 0) is 10.0 Å².